The number of aliphatic hydroxyl groups excluding tert-OH is 1. The summed E-state index contributed by atoms with van der Waals surface area (Å²) < 4.78 is 0. The largest absolute Gasteiger partial charge is 0.396 e. The zero-order valence-electron chi connectivity index (χ0n) is 11.9. The van der Waals surface area contributed by atoms with E-state index in [-0.39, 0.29) is 36.5 Å². The minimum absolute atomic E-state index is 0. The van der Waals surface area contributed by atoms with Crippen LogP contribution in [0.25, 0.3) is 0 Å². The summed E-state index contributed by atoms with van der Waals surface area (Å²) >= 11 is 5.94. The number of hydrogen-bond donors (Lipinski definition) is 3. The van der Waals surface area contributed by atoms with Crippen LogP contribution in [0, 0.1) is 5.92 Å². The molecule has 0 aliphatic rings. The van der Waals surface area contributed by atoms with E-state index in [4.69, 9.17) is 16.7 Å². The molecule has 1 aromatic rings. The molecule has 20 heavy (non-hydrogen) atoms. The molecule has 0 spiro atoms. The van der Waals surface area contributed by atoms with Crippen molar-refractivity contribution >= 4 is 41.5 Å². The molecule has 0 radical (unpaired) electrons. The van der Waals surface area contributed by atoms with Gasteiger partial charge in [-0.05, 0) is 30.5 Å². The van der Waals surface area contributed by atoms with Crippen molar-refractivity contribution in [3.63, 3.8) is 0 Å². The molecule has 1 aromatic carbocycles. The lowest BCUT2D eigenvalue weighted by Crippen LogP contribution is -2.39. The van der Waals surface area contributed by atoms with E-state index in [0.717, 1.165) is 23.1 Å². The Labute approximate surface area is 143 Å². The van der Waals surface area contributed by atoms with Crippen LogP contribution in [0.2, 0.25) is 5.02 Å². The molecule has 114 valence electrons. The van der Waals surface area contributed by atoms with E-state index in [9.17, 15) is 0 Å². The summed E-state index contributed by atoms with van der Waals surface area (Å²) in [6.07, 6.45) is 0. The van der Waals surface area contributed by atoms with Gasteiger partial charge < -0.3 is 15.7 Å². The standard InChI is InChI=1S/C14H22ClN3O.HI/c1-3-16-14(17-8-11(2)10-19)18-9-12-5-4-6-13(15)7-12;/h4-7,11,19H,3,8-10H2,1-2H3,(H2,16,17,18);1H. The second-order valence-electron chi connectivity index (χ2n) is 4.49. The first-order valence-corrected chi connectivity index (χ1v) is 6.91. The maximum absolute atomic E-state index is 9.00. The van der Waals surface area contributed by atoms with Crippen molar-refractivity contribution in [1.82, 2.24) is 10.6 Å². The fraction of sp³-hybridized carbons (Fsp3) is 0.500. The molecule has 3 N–H and O–H groups in total. The lowest BCUT2D eigenvalue weighted by Gasteiger charge is -2.14. The van der Waals surface area contributed by atoms with Crippen molar-refractivity contribution < 1.29 is 5.11 Å². The fourth-order valence-electron chi connectivity index (χ4n) is 1.48. The smallest absolute Gasteiger partial charge is 0.191 e. The minimum Gasteiger partial charge on any atom is -0.396 e. The van der Waals surface area contributed by atoms with Gasteiger partial charge in [-0.15, -0.1) is 24.0 Å². The van der Waals surface area contributed by atoms with Gasteiger partial charge in [0.25, 0.3) is 0 Å². The van der Waals surface area contributed by atoms with Crippen molar-refractivity contribution in [2.45, 2.75) is 20.4 Å². The third kappa shape index (κ3) is 7.91. The van der Waals surface area contributed by atoms with Gasteiger partial charge in [0.1, 0.15) is 0 Å². The number of aliphatic hydroxyl groups is 1. The van der Waals surface area contributed by atoms with Crippen molar-refractivity contribution in [1.29, 1.82) is 0 Å². The Hall–Kier alpha value is -0.530. The van der Waals surface area contributed by atoms with E-state index in [0.29, 0.717) is 13.1 Å². The highest BCUT2D eigenvalue weighted by Crippen LogP contribution is 2.11. The number of guanidine groups is 1. The van der Waals surface area contributed by atoms with Gasteiger partial charge in [0.15, 0.2) is 5.96 Å². The number of hydrogen-bond acceptors (Lipinski definition) is 2. The van der Waals surface area contributed by atoms with Crippen LogP contribution >= 0.6 is 35.6 Å². The topological polar surface area (TPSA) is 56.7 Å². The van der Waals surface area contributed by atoms with Gasteiger partial charge in [-0.2, -0.15) is 0 Å². The summed E-state index contributed by atoms with van der Waals surface area (Å²) in [6, 6.07) is 7.67. The molecule has 1 unspecified atom stereocenters. The number of aliphatic imine (C=N–C) groups is 1. The Morgan fingerprint density at radius 3 is 2.75 bits per heavy atom. The highest BCUT2D eigenvalue weighted by atomic mass is 127. The fourth-order valence-corrected chi connectivity index (χ4v) is 1.70. The van der Waals surface area contributed by atoms with Crippen molar-refractivity contribution in [2.75, 3.05) is 19.7 Å². The molecule has 0 bridgehead atoms. The molecule has 1 atom stereocenters. The quantitative estimate of drug-likeness (QED) is 0.383. The van der Waals surface area contributed by atoms with Crippen LogP contribution in [0.4, 0.5) is 0 Å². The van der Waals surface area contributed by atoms with Gasteiger partial charge in [-0.1, -0.05) is 30.7 Å². The zero-order valence-corrected chi connectivity index (χ0v) is 15.0. The Morgan fingerprint density at radius 2 is 2.15 bits per heavy atom. The van der Waals surface area contributed by atoms with Crippen molar-refractivity contribution in [3.8, 4) is 0 Å². The van der Waals surface area contributed by atoms with E-state index >= 15 is 0 Å². The number of rotatable bonds is 6. The van der Waals surface area contributed by atoms with E-state index in [1.165, 1.54) is 0 Å². The molecule has 4 nitrogen and oxygen atoms in total. The molecule has 6 heteroatoms. The third-order valence-corrected chi connectivity index (χ3v) is 2.82. The molecule has 1 rings (SSSR count). The van der Waals surface area contributed by atoms with Gasteiger partial charge >= 0.3 is 0 Å². The van der Waals surface area contributed by atoms with Crippen molar-refractivity contribution in [3.05, 3.63) is 34.9 Å². The van der Waals surface area contributed by atoms with Gasteiger partial charge in [-0.25, -0.2) is 4.99 Å². The van der Waals surface area contributed by atoms with E-state index < -0.39 is 0 Å². The van der Waals surface area contributed by atoms with Gasteiger partial charge in [-0.3, -0.25) is 0 Å². The van der Waals surface area contributed by atoms with Gasteiger partial charge in [0.2, 0.25) is 0 Å². The summed E-state index contributed by atoms with van der Waals surface area (Å²) in [5, 5.41) is 16.1. The molecule has 0 aliphatic carbocycles. The lowest BCUT2D eigenvalue weighted by molar-refractivity contribution is 0.238. The third-order valence-electron chi connectivity index (χ3n) is 2.58. The number of nitrogens with zero attached hydrogens (tertiary/aromatic N) is 1. The van der Waals surface area contributed by atoms with Crippen molar-refractivity contribution in [2.24, 2.45) is 10.9 Å². The average molecular weight is 412 g/mol. The number of benzene rings is 1. The average Bonchev–Trinajstić information content (AvgIpc) is 2.41. The first-order valence-electron chi connectivity index (χ1n) is 6.53. The van der Waals surface area contributed by atoms with E-state index in [1.807, 2.05) is 38.1 Å². The highest BCUT2D eigenvalue weighted by molar-refractivity contribution is 14.0. The molecule has 0 amide bonds. The monoisotopic (exact) mass is 411 g/mol. The molecule has 0 aliphatic heterocycles. The van der Waals surface area contributed by atoms with Crippen LogP contribution in [0.5, 0.6) is 0 Å². The maximum atomic E-state index is 9.00. The summed E-state index contributed by atoms with van der Waals surface area (Å²) in [4.78, 5) is 4.49. The summed E-state index contributed by atoms with van der Waals surface area (Å²) in [6.45, 7) is 6.23. The Morgan fingerprint density at radius 1 is 1.40 bits per heavy atom. The first kappa shape index (κ1) is 19.5. The van der Waals surface area contributed by atoms with Crippen LogP contribution in [0.3, 0.4) is 0 Å². The SMILES string of the molecule is CCNC(=NCc1cccc(Cl)c1)NCC(C)CO.I. The molecular weight excluding hydrogens is 389 g/mol. The molecule has 0 heterocycles. The van der Waals surface area contributed by atoms with Gasteiger partial charge in [0, 0.05) is 24.7 Å². The molecule has 0 aromatic heterocycles. The van der Waals surface area contributed by atoms with Crippen LogP contribution in [0.15, 0.2) is 29.3 Å². The predicted octanol–water partition coefficient (Wildman–Crippen LogP) is 2.64. The first-order chi connectivity index (χ1) is 9.15. The predicted molar refractivity (Wildman–Crippen MR) is 95.9 cm³/mol. The van der Waals surface area contributed by atoms with Crippen LogP contribution in [0.1, 0.15) is 19.4 Å². The molecule has 0 saturated carbocycles. The molecule has 0 saturated heterocycles. The minimum atomic E-state index is 0. The Balaban J connectivity index is 0.00000361. The van der Waals surface area contributed by atoms with E-state index in [2.05, 4.69) is 15.6 Å². The molecular formula is C14H23ClIN3O. The van der Waals surface area contributed by atoms with E-state index in [1.54, 1.807) is 0 Å². The Kier molecular flexibility index (Phi) is 10.9. The number of nitrogens with one attached hydrogen (secondary N) is 2. The normalized spacial score (nSPS) is 12.5. The highest BCUT2D eigenvalue weighted by Gasteiger charge is 2.02. The summed E-state index contributed by atoms with van der Waals surface area (Å²) in [5.74, 6) is 0.956. The second kappa shape index (κ2) is 11.2. The summed E-state index contributed by atoms with van der Waals surface area (Å²) in [7, 11) is 0. The van der Waals surface area contributed by atoms with Crippen LogP contribution in [-0.4, -0.2) is 30.8 Å². The molecule has 0 fully saturated rings. The lowest BCUT2D eigenvalue weighted by atomic mass is 10.2. The number of halogens is 2. The van der Waals surface area contributed by atoms with Gasteiger partial charge in [0.05, 0.1) is 6.54 Å². The zero-order chi connectivity index (χ0) is 14.1. The Bertz CT molecular complexity index is 415. The van der Waals surface area contributed by atoms with Crippen LogP contribution in [-0.2, 0) is 6.54 Å². The second-order valence-corrected chi connectivity index (χ2v) is 4.93. The summed E-state index contributed by atoms with van der Waals surface area (Å²) in [5.41, 5.74) is 1.07. The maximum Gasteiger partial charge on any atom is 0.191 e. The van der Waals surface area contributed by atoms with Crippen LogP contribution < -0.4 is 10.6 Å².